The maximum atomic E-state index is 13.2. The quantitative estimate of drug-likeness (QED) is 0.755. The van der Waals surface area contributed by atoms with E-state index in [9.17, 15) is 4.39 Å². The highest BCUT2D eigenvalue weighted by atomic mass is 79.9. The molecule has 1 heterocycles. The first-order valence-electron chi connectivity index (χ1n) is 6.30. The van der Waals surface area contributed by atoms with E-state index in [0.717, 1.165) is 12.0 Å². The lowest BCUT2D eigenvalue weighted by Crippen LogP contribution is -1.97. The molecule has 3 heteroatoms. The van der Waals surface area contributed by atoms with Crippen LogP contribution in [0.2, 0.25) is 0 Å². The van der Waals surface area contributed by atoms with E-state index in [-0.39, 0.29) is 10.6 Å². The molecule has 1 unspecified atom stereocenters. The summed E-state index contributed by atoms with van der Waals surface area (Å²) >= 11 is 3.69. The van der Waals surface area contributed by atoms with Crippen LogP contribution in [-0.2, 0) is 24.4 Å². The van der Waals surface area contributed by atoms with Crippen LogP contribution < -0.4 is 0 Å². The number of hydrogen-bond acceptors (Lipinski definition) is 1. The number of hydrogen-bond donors (Lipinski definition) is 0. The summed E-state index contributed by atoms with van der Waals surface area (Å²) in [6.07, 6.45) is 0.775. The van der Waals surface area contributed by atoms with Crippen molar-refractivity contribution in [1.82, 2.24) is 0 Å². The van der Waals surface area contributed by atoms with Gasteiger partial charge in [-0.1, -0.05) is 46.3 Å². The Morgan fingerprint density at radius 1 is 1.11 bits per heavy atom. The number of benzene rings is 2. The van der Waals surface area contributed by atoms with Crippen molar-refractivity contribution in [3.05, 3.63) is 70.5 Å². The van der Waals surface area contributed by atoms with Crippen molar-refractivity contribution in [1.29, 1.82) is 0 Å². The summed E-state index contributed by atoms with van der Waals surface area (Å²) in [4.78, 5) is 0.195. The highest BCUT2D eigenvalue weighted by molar-refractivity contribution is 9.09. The first kappa shape index (κ1) is 12.8. The van der Waals surface area contributed by atoms with Crippen LogP contribution in [-0.4, -0.2) is 0 Å². The molecule has 19 heavy (non-hydrogen) atoms. The van der Waals surface area contributed by atoms with Crippen molar-refractivity contribution in [2.24, 2.45) is 0 Å². The normalized spacial score (nSPS) is 15.3. The Morgan fingerprint density at radius 3 is 2.79 bits per heavy atom. The molecule has 2 aromatic carbocycles. The second-order valence-corrected chi connectivity index (χ2v) is 5.93. The predicted molar refractivity (Wildman–Crippen MR) is 76.7 cm³/mol. The van der Waals surface area contributed by atoms with Gasteiger partial charge in [-0.25, -0.2) is 4.39 Å². The summed E-state index contributed by atoms with van der Waals surface area (Å²) in [5, 5.41) is 0. The molecule has 1 nitrogen and oxygen atoms in total. The maximum absolute atomic E-state index is 13.2. The van der Waals surface area contributed by atoms with E-state index in [1.54, 1.807) is 12.1 Å². The van der Waals surface area contributed by atoms with Crippen LogP contribution in [0.3, 0.4) is 0 Å². The number of alkyl halides is 1. The van der Waals surface area contributed by atoms with Crippen molar-refractivity contribution in [2.45, 2.75) is 24.5 Å². The minimum absolute atomic E-state index is 0.181. The van der Waals surface area contributed by atoms with Crippen molar-refractivity contribution in [3.63, 3.8) is 0 Å². The van der Waals surface area contributed by atoms with Gasteiger partial charge < -0.3 is 4.74 Å². The molecule has 0 N–H and O–H groups in total. The van der Waals surface area contributed by atoms with Crippen molar-refractivity contribution < 1.29 is 9.13 Å². The molecule has 0 amide bonds. The highest BCUT2D eigenvalue weighted by Gasteiger charge is 2.15. The summed E-state index contributed by atoms with van der Waals surface area (Å²) in [6.45, 7) is 1.41. The summed E-state index contributed by atoms with van der Waals surface area (Å²) < 4.78 is 18.6. The first-order chi connectivity index (χ1) is 9.22. The van der Waals surface area contributed by atoms with E-state index in [2.05, 4.69) is 34.1 Å². The molecule has 1 atom stereocenters. The lowest BCUT2D eigenvalue weighted by molar-refractivity contribution is 0.134. The average molecular weight is 321 g/mol. The van der Waals surface area contributed by atoms with Crippen LogP contribution in [0.15, 0.2) is 42.5 Å². The third-order valence-corrected chi connectivity index (χ3v) is 4.26. The summed E-state index contributed by atoms with van der Waals surface area (Å²) in [5.41, 5.74) is 4.75. The van der Waals surface area contributed by atoms with Gasteiger partial charge in [0.25, 0.3) is 0 Å². The lowest BCUT2D eigenvalue weighted by Gasteiger charge is -2.12. The monoisotopic (exact) mass is 320 g/mol. The van der Waals surface area contributed by atoms with Gasteiger partial charge in [0.1, 0.15) is 5.82 Å². The van der Waals surface area contributed by atoms with Gasteiger partial charge in [0, 0.05) is 4.83 Å². The largest absolute Gasteiger partial charge is 0.372 e. The molecule has 98 valence electrons. The Hall–Kier alpha value is -1.19. The second-order valence-electron chi connectivity index (χ2n) is 4.82. The number of fused-ring (bicyclic) bond motifs is 1. The van der Waals surface area contributed by atoms with Crippen LogP contribution in [0.25, 0.3) is 0 Å². The van der Waals surface area contributed by atoms with Gasteiger partial charge in [-0.15, -0.1) is 0 Å². The van der Waals surface area contributed by atoms with Gasteiger partial charge >= 0.3 is 0 Å². The number of halogens is 2. The Kier molecular flexibility index (Phi) is 3.67. The molecule has 2 aromatic rings. The van der Waals surface area contributed by atoms with Gasteiger partial charge in [-0.2, -0.15) is 0 Å². The zero-order chi connectivity index (χ0) is 13.2. The average Bonchev–Trinajstić information content (AvgIpc) is 2.85. The third kappa shape index (κ3) is 2.88. The van der Waals surface area contributed by atoms with Crippen LogP contribution in [0.4, 0.5) is 4.39 Å². The molecule has 3 rings (SSSR count). The van der Waals surface area contributed by atoms with Gasteiger partial charge in [-0.3, -0.25) is 0 Å². The zero-order valence-corrected chi connectivity index (χ0v) is 12.0. The molecule has 0 aromatic heterocycles. The van der Waals surface area contributed by atoms with E-state index >= 15 is 0 Å². The Balaban J connectivity index is 1.78. The van der Waals surface area contributed by atoms with E-state index in [1.807, 2.05) is 6.07 Å². The van der Waals surface area contributed by atoms with Gasteiger partial charge in [0.2, 0.25) is 0 Å². The van der Waals surface area contributed by atoms with Gasteiger partial charge in [-0.05, 0) is 40.8 Å². The molecule has 1 aliphatic heterocycles. The summed E-state index contributed by atoms with van der Waals surface area (Å²) in [6, 6.07) is 13.2. The molecule has 0 radical (unpaired) electrons. The summed E-state index contributed by atoms with van der Waals surface area (Å²) in [5.74, 6) is -0.181. The van der Waals surface area contributed by atoms with E-state index in [0.29, 0.717) is 13.2 Å². The molecule has 0 fully saturated rings. The van der Waals surface area contributed by atoms with E-state index in [4.69, 9.17) is 4.74 Å². The van der Waals surface area contributed by atoms with Crippen LogP contribution in [0.1, 0.15) is 27.1 Å². The second kappa shape index (κ2) is 5.43. The van der Waals surface area contributed by atoms with E-state index < -0.39 is 0 Å². The third-order valence-electron chi connectivity index (χ3n) is 3.41. The minimum Gasteiger partial charge on any atom is -0.372 e. The molecule has 1 aliphatic rings. The number of ether oxygens (including phenoxy) is 1. The van der Waals surface area contributed by atoms with Crippen molar-refractivity contribution >= 4 is 15.9 Å². The minimum atomic E-state index is -0.181. The fourth-order valence-corrected chi connectivity index (χ4v) is 3.03. The van der Waals surface area contributed by atoms with Crippen LogP contribution in [0.5, 0.6) is 0 Å². The smallest absolute Gasteiger partial charge is 0.123 e. The van der Waals surface area contributed by atoms with Crippen molar-refractivity contribution in [3.8, 4) is 0 Å². The molecular weight excluding hydrogens is 307 g/mol. The van der Waals surface area contributed by atoms with Crippen LogP contribution >= 0.6 is 15.9 Å². The van der Waals surface area contributed by atoms with E-state index in [1.165, 1.54) is 22.8 Å². The SMILES string of the molecule is Fc1cccc(CC(Br)c2ccc3c(c2)COC3)c1. The number of rotatable bonds is 3. The lowest BCUT2D eigenvalue weighted by atomic mass is 10.0. The topological polar surface area (TPSA) is 9.23 Å². The fraction of sp³-hybridized carbons (Fsp3) is 0.250. The molecule has 0 spiro atoms. The Morgan fingerprint density at radius 2 is 1.95 bits per heavy atom. The zero-order valence-electron chi connectivity index (χ0n) is 10.4. The molecule has 0 saturated carbocycles. The maximum Gasteiger partial charge on any atom is 0.123 e. The van der Waals surface area contributed by atoms with Crippen LogP contribution in [0, 0.1) is 5.82 Å². The molecule has 0 aliphatic carbocycles. The first-order valence-corrected chi connectivity index (χ1v) is 7.22. The molecule has 0 saturated heterocycles. The van der Waals surface area contributed by atoms with Gasteiger partial charge in [0.15, 0.2) is 0 Å². The molecule has 0 bridgehead atoms. The van der Waals surface area contributed by atoms with Crippen molar-refractivity contribution in [2.75, 3.05) is 0 Å². The summed E-state index contributed by atoms with van der Waals surface area (Å²) in [7, 11) is 0. The predicted octanol–water partition coefficient (Wildman–Crippen LogP) is 4.53. The van der Waals surface area contributed by atoms with Gasteiger partial charge in [0.05, 0.1) is 13.2 Å². The standard InChI is InChI=1S/C16H14BrFO/c17-16(7-11-2-1-3-15(18)6-11)12-4-5-13-9-19-10-14(13)8-12/h1-6,8,16H,7,9-10H2. The molecular formula is C16H14BrFO. The highest BCUT2D eigenvalue weighted by Crippen LogP contribution is 2.30. The Bertz CT molecular complexity index is 597. The fourth-order valence-electron chi connectivity index (χ4n) is 2.38. The Labute approximate surface area is 120 Å².